The first-order chi connectivity index (χ1) is 8.60. The van der Waals surface area contributed by atoms with Gasteiger partial charge >= 0.3 is 0 Å². The number of rotatable bonds is 3. The highest BCUT2D eigenvalue weighted by Crippen LogP contribution is 2.22. The minimum Gasteiger partial charge on any atom is -0.296 e. The standard InChI is InChI=1S/C11H9Cl2N3OS/c1-2-9-15-16-11(18-9)14-10(17)7-5-6(12)3-4-8(7)13/h3-5H,2H2,1H3,(H,14,16,17). The van der Waals surface area contributed by atoms with E-state index in [0.29, 0.717) is 20.7 Å². The summed E-state index contributed by atoms with van der Waals surface area (Å²) in [6.45, 7) is 1.97. The van der Waals surface area contributed by atoms with E-state index in [1.807, 2.05) is 6.92 Å². The summed E-state index contributed by atoms with van der Waals surface area (Å²) in [5, 5.41) is 12.5. The first-order valence-corrected chi connectivity index (χ1v) is 6.76. The molecule has 1 N–H and O–H groups in total. The van der Waals surface area contributed by atoms with Crippen molar-refractivity contribution in [3.05, 3.63) is 38.8 Å². The Bertz CT molecular complexity index is 585. The van der Waals surface area contributed by atoms with E-state index in [1.54, 1.807) is 12.1 Å². The summed E-state index contributed by atoms with van der Waals surface area (Å²) in [7, 11) is 0. The Morgan fingerprint density at radius 2 is 2.17 bits per heavy atom. The molecule has 4 nitrogen and oxygen atoms in total. The number of aromatic nitrogens is 2. The van der Waals surface area contributed by atoms with E-state index >= 15 is 0 Å². The summed E-state index contributed by atoms with van der Waals surface area (Å²) < 4.78 is 0. The molecule has 0 bridgehead atoms. The largest absolute Gasteiger partial charge is 0.296 e. The molecule has 0 unspecified atom stereocenters. The van der Waals surface area contributed by atoms with E-state index < -0.39 is 0 Å². The number of nitrogens with one attached hydrogen (secondary N) is 1. The topological polar surface area (TPSA) is 54.9 Å². The maximum absolute atomic E-state index is 12.0. The lowest BCUT2D eigenvalue weighted by atomic mass is 10.2. The van der Waals surface area contributed by atoms with Gasteiger partial charge in [0.05, 0.1) is 10.6 Å². The van der Waals surface area contributed by atoms with Crippen molar-refractivity contribution in [3.63, 3.8) is 0 Å². The molecule has 0 spiro atoms. The van der Waals surface area contributed by atoms with Crippen molar-refractivity contribution < 1.29 is 4.79 Å². The highest BCUT2D eigenvalue weighted by Gasteiger charge is 2.13. The lowest BCUT2D eigenvalue weighted by Gasteiger charge is -2.03. The highest BCUT2D eigenvalue weighted by molar-refractivity contribution is 7.15. The van der Waals surface area contributed by atoms with E-state index in [9.17, 15) is 4.79 Å². The molecule has 94 valence electrons. The monoisotopic (exact) mass is 301 g/mol. The Kier molecular flexibility index (Phi) is 4.16. The van der Waals surface area contributed by atoms with Gasteiger partial charge in [-0.2, -0.15) is 0 Å². The van der Waals surface area contributed by atoms with E-state index in [-0.39, 0.29) is 5.91 Å². The number of anilines is 1. The summed E-state index contributed by atoms with van der Waals surface area (Å²) in [4.78, 5) is 12.0. The Morgan fingerprint density at radius 3 is 2.83 bits per heavy atom. The van der Waals surface area contributed by atoms with Gasteiger partial charge in [-0.3, -0.25) is 10.1 Å². The second-order valence-corrected chi connectivity index (χ2v) is 5.34. The molecule has 0 saturated carbocycles. The minimum atomic E-state index is -0.346. The van der Waals surface area contributed by atoms with Crippen LogP contribution in [-0.4, -0.2) is 16.1 Å². The number of carbonyl (C=O) groups excluding carboxylic acids is 1. The van der Waals surface area contributed by atoms with Crippen LogP contribution in [0.2, 0.25) is 10.0 Å². The molecule has 0 atom stereocenters. The molecule has 0 aliphatic heterocycles. The van der Waals surface area contributed by atoms with Crippen LogP contribution in [0.3, 0.4) is 0 Å². The number of aryl methyl sites for hydroxylation is 1. The normalized spacial score (nSPS) is 10.4. The third kappa shape index (κ3) is 2.98. The maximum atomic E-state index is 12.0. The average molecular weight is 302 g/mol. The second-order valence-electron chi connectivity index (χ2n) is 3.43. The smallest absolute Gasteiger partial charge is 0.259 e. The predicted octanol–water partition coefficient (Wildman–Crippen LogP) is 3.66. The number of hydrogen-bond acceptors (Lipinski definition) is 4. The van der Waals surface area contributed by atoms with Gasteiger partial charge in [0.15, 0.2) is 0 Å². The van der Waals surface area contributed by atoms with Gasteiger partial charge in [0.25, 0.3) is 5.91 Å². The molecular weight excluding hydrogens is 293 g/mol. The van der Waals surface area contributed by atoms with Crippen LogP contribution in [0.5, 0.6) is 0 Å². The van der Waals surface area contributed by atoms with Gasteiger partial charge in [-0.25, -0.2) is 0 Å². The fourth-order valence-electron chi connectivity index (χ4n) is 1.28. The summed E-state index contributed by atoms with van der Waals surface area (Å²) in [5.41, 5.74) is 0.317. The number of benzene rings is 1. The Morgan fingerprint density at radius 1 is 1.39 bits per heavy atom. The zero-order chi connectivity index (χ0) is 13.1. The van der Waals surface area contributed by atoms with Crippen molar-refractivity contribution in [2.45, 2.75) is 13.3 Å². The van der Waals surface area contributed by atoms with Crippen molar-refractivity contribution in [1.29, 1.82) is 0 Å². The van der Waals surface area contributed by atoms with Gasteiger partial charge in [0, 0.05) is 5.02 Å². The molecule has 1 heterocycles. The number of amides is 1. The van der Waals surface area contributed by atoms with Crippen molar-refractivity contribution in [2.24, 2.45) is 0 Å². The first-order valence-electron chi connectivity index (χ1n) is 5.19. The van der Waals surface area contributed by atoms with Gasteiger partial charge in [-0.15, -0.1) is 10.2 Å². The van der Waals surface area contributed by atoms with Crippen molar-refractivity contribution in [1.82, 2.24) is 10.2 Å². The predicted molar refractivity (Wildman–Crippen MR) is 73.7 cm³/mol. The van der Waals surface area contributed by atoms with Crippen LogP contribution in [0.25, 0.3) is 0 Å². The molecule has 1 amide bonds. The van der Waals surface area contributed by atoms with Gasteiger partial charge in [0.2, 0.25) is 5.13 Å². The minimum absolute atomic E-state index is 0.317. The molecule has 0 saturated heterocycles. The van der Waals surface area contributed by atoms with Crippen LogP contribution in [0, 0.1) is 0 Å². The molecule has 2 aromatic rings. The van der Waals surface area contributed by atoms with E-state index in [1.165, 1.54) is 17.4 Å². The fourth-order valence-corrected chi connectivity index (χ4v) is 2.33. The summed E-state index contributed by atoms with van der Waals surface area (Å²) in [5.74, 6) is -0.346. The number of halogens is 2. The number of hydrogen-bond donors (Lipinski definition) is 1. The zero-order valence-corrected chi connectivity index (χ0v) is 11.7. The van der Waals surface area contributed by atoms with Gasteiger partial charge in [-0.1, -0.05) is 41.5 Å². The Balaban J connectivity index is 2.19. The van der Waals surface area contributed by atoms with Crippen LogP contribution >= 0.6 is 34.5 Å². The van der Waals surface area contributed by atoms with Gasteiger partial charge in [-0.05, 0) is 24.6 Å². The summed E-state index contributed by atoms with van der Waals surface area (Å²) in [6, 6.07) is 4.72. The zero-order valence-electron chi connectivity index (χ0n) is 9.41. The van der Waals surface area contributed by atoms with Crippen molar-refractivity contribution in [3.8, 4) is 0 Å². The lowest BCUT2D eigenvalue weighted by molar-refractivity contribution is 0.102. The third-order valence-corrected chi connectivity index (χ3v) is 3.71. The molecule has 7 heteroatoms. The second kappa shape index (κ2) is 5.65. The lowest BCUT2D eigenvalue weighted by Crippen LogP contribution is -2.12. The Hall–Kier alpha value is -1.17. The number of carbonyl (C=O) groups is 1. The van der Waals surface area contributed by atoms with E-state index in [2.05, 4.69) is 15.5 Å². The highest BCUT2D eigenvalue weighted by atomic mass is 35.5. The SMILES string of the molecule is CCc1nnc(NC(=O)c2cc(Cl)ccc2Cl)s1. The third-order valence-electron chi connectivity index (χ3n) is 2.16. The molecule has 1 aromatic carbocycles. The maximum Gasteiger partial charge on any atom is 0.259 e. The molecule has 0 fully saturated rings. The molecule has 0 aliphatic carbocycles. The van der Waals surface area contributed by atoms with Crippen LogP contribution < -0.4 is 5.32 Å². The fraction of sp³-hybridized carbons (Fsp3) is 0.182. The van der Waals surface area contributed by atoms with Gasteiger partial charge < -0.3 is 0 Å². The summed E-state index contributed by atoms with van der Waals surface area (Å²) in [6.07, 6.45) is 0.783. The molecular formula is C11H9Cl2N3OS. The summed E-state index contributed by atoms with van der Waals surface area (Å²) >= 11 is 13.1. The van der Waals surface area contributed by atoms with E-state index in [0.717, 1.165) is 11.4 Å². The molecule has 0 radical (unpaired) electrons. The number of nitrogens with zero attached hydrogens (tertiary/aromatic N) is 2. The first kappa shape index (κ1) is 13.3. The Labute approximate surface area is 118 Å². The van der Waals surface area contributed by atoms with Crippen LogP contribution in [0.15, 0.2) is 18.2 Å². The quantitative estimate of drug-likeness (QED) is 0.941. The molecule has 0 aliphatic rings. The van der Waals surface area contributed by atoms with Gasteiger partial charge in [0.1, 0.15) is 5.01 Å². The van der Waals surface area contributed by atoms with Crippen LogP contribution in [0.4, 0.5) is 5.13 Å². The molecule has 1 aromatic heterocycles. The average Bonchev–Trinajstić information content (AvgIpc) is 2.80. The van der Waals surface area contributed by atoms with Crippen molar-refractivity contribution in [2.75, 3.05) is 5.32 Å². The van der Waals surface area contributed by atoms with E-state index in [4.69, 9.17) is 23.2 Å². The van der Waals surface area contributed by atoms with Crippen molar-refractivity contribution >= 4 is 45.6 Å². The molecule has 2 rings (SSSR count). The van der Waals surface area contributed by atoms with Crippen LogP contribution in [0.1, 0.15) is 22.3 Å². The molecule has 18 heavy (non-hydrogen) atoms. The van der Waals surface area contributed by atoms with Crippen LogP contribution in [-0.2, 0) is 6.42 Å².